The normalized spacial score (nSPS) is 16.6. The summed E-state index contributed by atoms with van der Waals surface area (Å²) in [5.74, 6) is -1.99. The molecule has 3 N–H and O–H groups in total. The number of amides is 2. The predicted octanol–water partition coefficient (Wildman–Crippen LogP) is 1.66. The maximum Gasteiger partial charge on any atom is 0.416 e. The molecule has 0 spiro atoms. The zero-order valence-corrected chi connectivity index (χ0v) is 13.4. The molecule has 1 aliphatic rings. The van der Waals surface area contributed by atoms with E-state index in [0.717, 1.165) is 12.1 Å². The van der Waals surface area contributed by atoms with Crippen LogP contribution in [0.25, 0.3) is 0 Å². The highest BCUT2D eigenvalue weighted by atomic mass is 19.4. The molecular weight excluding hydrogens is 342 g/mol. The first-order chi connectivity index (χ1) is 11.7. The lowest BCUT2D eigenvalue weighted by atomic mass is 9.96. The van der Waals surface area contributed by atoms with Gasteiger partial charge in [0.15, 0.2) is 0 Å². The zero-order chi connectivity index (χ0) is 18.6. The summed E-state index contributed by atoms with van der Waals surface area (Å²) < 4.78 is 51.2. The van der Waals surface area contributed by atoms with Crippen molar-refractivity contribution in [3.05, 3.63) is 35.1 Å². The number of primary amides is 1. The van der Waals surface area contributed by atoms with Crippen molar-refractivity contribution in [1.29, 1.82) is 0 Å². The first kappa shape index (κ1) is 19.2. The minimum absolute atomic E-state index is 0.00693. The van der Waals surface area contributed by atoms with Crippen molar-refractivity contribution < 1.29 is 27.2 Å². The van der Waals surface area contributed by atoms with Crippen molar-refractivity contribution in [2.24, 2.45) is 11.7 Å². The number of nitrogens with two attached hydrogens (primary N) is 1. The van der Waals surface area contributed by atoms with Gasteiger partial charge in [0.1, 0.15) is 5.82 Å². The number of nitrogens with one attached hydrogen (secondary N) is 1. The number of carbonyl (C=O) groups excluding carboxylic acids is 2. The van der Waals surface area contributed by atoms with Crippen LogP contribution in [0.1, 0.15) is 24.0 Å². The van der Waals surface area contributed by atoms with Crippen molar-refractivity contribution in [1.82, 2.24) is 10.2 Å². The van der Waals surface area contributed by atoms with E-state index < -0.39 is 23.5 Å². The topological polar surface area (TPSA) is 75.4 Å². The maximum absolute atomic E-state index is 13.7. The molecule has 0 bridgehead atoms. The Bertz CT molecular complexity index is 641. The van der Waals surface area contributed by atoms with E-state index >= 15 is 0 Å². The van der Waals surface area contributed by atoms with Gasteiger partial charge in [-0.05, 0) is 38.1 Å². The van der Waals surface area contributed by atoms with Crippen LogP contribution in [0.5, 0.6) is 0 Å². The molecule has 1 aromatic carbocycles. The molecule has 0 aliphatic carbocycles. The van der Waals surface area contributed by atoms with Crippen LogP contribution in [0.4, 0.5) is 17.6 Å². The number of piperidine rings is 1. The molecule has 138 valence electrons. The minimum atomic E-state index is -4.61. The van der Waals surface area contributed by atoms with Crippen molar-refractivity contribution in [3.8, 4) is 0 Å². The van der Waals surface area contributed by atoms with Gasteiger partial charge in [-0.15, -0.1) is 0 Å². The molecule has 0 aromatic heterocycles. The molecule has 2 rings (SSSR count). The molecule has 9 heteroatoms. The number of carbonyl (C=O) groups is 2. The standard InChI is InChI=1S/C16H19F4N3O2/c17-13-7-12(16(18,19)20)2-1-11(13)8-22-15(25)10-3-5-23(6-4-10)9-14(21)24/h1-2,7,10H,3-6,8-9H2,(H2,21,24)(H,22,25). The highest BCUT2D eigenvalue weighted by Gasteiger charge is 2.31. The van der Waals surface area contributed by atoms with Gasteiger partial charge in [-0.3, -0.25) is 14.5 Å². The van der Waals surface area contributed by atoms with Crippen LogP contribution in [0, 0.1) is 11.7 Å². The summed E-state index contributed by atoms with van der Waals surface area (Å²) in [6, 6.07) is 2.23. The Morgan fingerprint density at radius 3 is 2.40 bits per heavy atom. The molecule has 1 aromatic rings. The Morgan fingerprint density at radius 2 is 1.88 bits per heavy atom. The van der Waals surface area contributed by atoms with Gasteiger partial charge in [0.2, 0.25) is 11.8 Å². The van der Waals surface area contributed by atoms with Gasteiger partial charge in [-0.25, -0.2) is 4.39 Å². The van der Waals surface area contributed by atoms with Crippen molar-refractivity contribution >= 4 is 11.8 Å². The van der Waals surface area contributed by atoms with E-state index in [1.807, 2.05) is 4.90 Å². The molecule has 1 saturated heterocycles. The van der Waals surface area contributed by atoms with E-state index in [1.165, 1.54) is 0 Å². The lowest BCUT2D eigenvalue weighted by molar-refractivity contribution is -0.137. The third-order valence-electron chi connectivity index (χ3n) is 4.17. The van der Waals surface area contributed by atoms with Crippen LogP contribution in [0.2, 0.25) is 0 Å². The fourth-order valence-electron chi connectivity index (χ4n) is 2.77. The Kier molecular flexibility index (Phi) is 5.99. The summed E-state index contributed by atoms with van der Waals surface area (Å²) in [6.45, 7) is 1.07. The Labute approximate surface area is 142 Å². The van der Waals surface area contributed by atoms with Crippen LogP contribution in [0.15, 0.2) is 18.2 Å². The van der Waals surface area contributed by atoms with Gasteiger partial charge in [0.05, 0.1) is 12.1 Å². The van der Waals surface area contributed by atoms with Gasteiger partial charge in [-0.2, -0.15) is 13.2 Å². The summed E-state index contributed by atoms with van der Waals surface area (Å²) in [5, 5.41) is 2.55. The lowest BCUT2D eigenvalue weighted by Gasteiger charge is -2.30. The summed E-state index contributed by atoms with van der Waals surface area (Å²) in [5.41, 5.74) is 4.04. The predicted molar refractivity (Wildman–Crippen MR) is 81.6 cm³/mol. The van der Waals surface area contributed by atoms with Crippen molar-refractivity contribution in [2.45, 2.75) is 25.6 Å². The fourth-order valence-corrected chi connectivity index (χ4v) is 2.77. The SMILES string of the molecule is NC(=O)CN1CCC(C(=O)NCc2ccc(C(F)(F)F)cc2F)CC1. The lowest BCUT2D eigenvalue weighted by Crippen LogP contribution is -2.43. The molecule has 1 aliphatic heterocycles. The van der Waals surface area contributed by atoms with Crippen LogP contribution in [0.3, 0.4) is 0 Å². The van der Waals surface area contributed by atoms with Crippen LogP contribution < -0.4 is 11.1 Å². The number of rotatable bonds is 5. The first-order valence-corrected chi connectivity index (χ1v) is 7.81. The molecule has 0 saturated carbocycles. The first-order valence-electron chi connectivity index (χ1n) is 7.81. The number of nitrogens with zero attached hydrogens (tertiary/aromatic N) is 1. The second-order valence-corrected chi connectivity index (χ2v) is 6.04. The number of halogens is 4. The Morgan fingerprint density at radius 1 is 1.24 bits per heavy atom. The third-order valence-corrected chi connectivity index (χ3v) is 4.17. The van der Waals surface area contributed by atoms with E-state index in [2.05, 4.69) is 5.32 Å². The quantitative estimate of drug-likeness (QED) is 0.784. The monoisotopic (exact) mass is 361 g/mol. The van der Waals surface area contributed by atoms with Crippen LogP contribution in [-0.4, -0.2) is 36.3 Å². The van der Waals surface area contributed by atoms with Gasteiger partial charge in [-0.1, -0.05) is 6.07 Å². The molecule has 1 fully saturated rings. The highest BCUT2D eigenvalue weighted by molar-refractivity contribution is 5.79. The summed E-state index contributed by atoms with van der Waals surface area (Å²) in [4.78, 5) is 24.8. The van der Waals surface area contributed by atoms with E-state index in [1.54, 1.807) is 0 Å². The maximum atomic E-state index is 13.7. The number of hydrogen-bond acceptors (Lipinski definition) is 3. The van der Waals surface area contributed by atoms with Crippen LogP contribution in [-0.2, 0) is 22.3 Å². The molecule has 1 heterocycles. The zero-order valence-electron chi connectivity index (χ0n) is 13.4. The van der Waals surface area contributed by atoms with Crippen molar-refractivity contribution in [3.63, 3.8) is 0 Å². The van der Waals surface area contributed by atoms with E-state index in [0.29, 0.717) is 32.0 Å². The van der Waals surface area contributed by atoms with E-state index in [-0.39, 0.29) is 30.5 Å². The summed E-state index contributed by atoms with van der Waals surface area (Å²) in [7, 11) is 0. The van der Waals surface area contributed by atoms with Gasteiger partial charge in [0, 0.05) is 18.0 Å². The number of likely N-dealkylation sites (tertiary alicyclic amines) is 1. The minimum Gasteiger partial charge on any atom is -0.369 e. The van der Waals surface area contributed by atoms with Gasteiger partial charge in [0.25, 0.3) is 0 Å². The highest BCUT2D eigenvalue weighted by Crippen LogP contribution is 2.30. The molecule has 5 nitrogen and oxygen atoms in total. The fraction of sp³-hybridized carbons (Fsp3) is 0.500. The number of hydrogen-bond donors (Lipinski definition) is 2. The molecule has 0 radical (unpaired) electrons. The Balaban J connectivity index is 1.85. The van der Waals surface area contributed by atoms with Gasteiger partial charge < -0.3 is 11.1 Å². The van der Waals surface area contributed by atoms with Crippen molar-refractivity contribution in [2.75, 3.05) is 19.6 Å². The summed E-state index contributed by atoms with van der Waals surface area (Å²) in [6.07, 6.45) is -3.54. The second kappa shape index (κ2) is 7.81. The van der Waals surface area contributed by atoms with E-state index in [9.17, 15) is 27.2 Å². The molecule has 0 atom stereocenters. The summed E-state index contributed by atoms with van der Waals surface area (Å²) >= 11 is 0. The van der Waals surface area contributed by atoms with Crippen LogP contribution >= 0.6 is 0 Å². The number of benzene rings is 1. The third kappa shape index (κ3) is 5.42. The Hall–Kier alpha value is -2.16. The molecular formula is C16H19F4N3O2. The number of alkyl halides is 3. The molecule has 25 heavy (non-hydrogen) atoms. The molecule has 2 amide bonds. The van der Waals surface area contributed by atoms with E-state index in [4.69, 9.17) is 5.73 Å². The average Bonchev–Trinajstić information content (AvgIpc) is 2.52. The second-order valence-electron chi connectivity index (χ2n) is 6.04. The largest absolute Gasteiger partial charge is 0.416 e. The molecule has 0 unspecified atom stereocenters. The smallest absolute Gasteiger partial charge is 0.369 e. The average molecular weight is 361 g/mol. The van der Waals surface area contributed by atoms with Gasteiger partial charge >= 0.3 is 6.18 Å².